The largest absolute Gasteiger partial charge is 0.384 e. The van der Waals surface area contributed by atoms with Crippen molar-refractivity contribution in [3.8, 4) is 0 Å². The number of benzene rings is 1. The number of aromatic nitrogens is 2. The van der Waals surface area contributed by atoms with E-state index in [2.05, 4.69) is 0 Å². The van der Waals surface area contributed by atoms with Crippen LogP contribution in [0.3, 0.4) is 0 Å². The second-order valence-electron chi connectivity index (χ2n) is 6.08. The molecule has 1 aromatic carbocycles. The quantitative estimate of drug-likeness (QED) is 0.819. The summed E-state index contributed by atoms with van der Waals surface area (Å²) in [5.74, 6) is -0.465. The molecule has 0 bridgehead atoms. The van der Waals surface area contributed by atoms with Crippen LogP contribution in [0.25, 0.3) is 0 Å². The van der Waals surface area contributed by atoms with Crippen LogP contribution in [0.15, 0.2) is 33.9 Å². The standard InChI is InChI=1S/C17H20N4O3/c1-10(21-9-8-11-6-4-5-7-12(11)21)14(22)13-15(18)19(2)17(24)20(3)16(13)23/h4-7,10H,8-9,18H2,1-3H3/t10-/m0/s1. The van der Waals surface area contributed by atoms with Gasteiger partial charge < -0.3 is 10.6 Å². The van der Waals surface area contributed by atoms with E-state index in [-0.39, 0.29) is 17.2 Å². The zero-order valence-electron chi connectivity index (χ0n) is 13.9. The van der Waals surface area contributed by atoms with Crippen LogP contribution in [-0.2, 0) is 20.5 Å². The zero-order chi connectivity index (χ0) is 17.6. The summed E-state index contributed by atoms with van der Waals surface area (Å²) in [6.07, 6.45) is 0.856. The Morgan fingerprint density at radius 2 is 1.83 bits per heavy atom. The summed E-state index contributed by atoms with van der Waals surface area (Å²) < 4.78 is 2.04. The van der Waals surface area contributed by atoms with Gasteiger partial charge in [0, 0.05) is 26.3 Å². The lowest BCUT2D eigenvalue weighted by atomic mass is 10.1. The van der Waals surface area contributed by atoms with Gasteiger partial charge in [-0.2, -0.15) is 0 Å². The molecule has 0 radical (unpaired) electrons. The van der Waals surface area contributed by atoms with Crippen LogP contribution in [-0.4, -0.2) is 27.5 Å². The van der Waals surface area contributed by atoms with Crippen molar-refractivity contribution in [2.75, 3.05) is 17.2 Å². The highest BCUT2D eigenvalue weighted by molar-refractivity contribution is 6.04. The average molecular weight is 328 g/mol. The molecular weight excluding hydrogens is 308 g/mol. The lowest BCUT2D eigenvalue weighted by Gasteiger charge is -2.26. The molecule has 126 valence electrons. The molecular formula is C17H20N4O3. The van der Waals surface area contributed by atoms with Gasteiger partial charge in [-0.05, 0) is 25.0 Å². The highest BCUT2D eigenvalue weighted by atomic mass is 16.2. The molecule has 2 N–H and O–H groups in total. The van der Waals surface area contributed by atoms with E-state index in [1.54, 1.807) is 6.92 Å². The number of nitrogens with two attached hydrogens (primary N) is 1. The molecule has 3 rings (SSSR count). The van der Waals surface area contributed by atoms with Gasteiger partial charge in [0.2, 0.25) is 0 Å². The Balaban J connectivity index is 2.05. The molecule has 0 unspecified atom stereocenters. The minimum Gasteiger partial charge on any atom is -0.384 e. The van der Waals surface area contributed by atoms with E-state index in [0.29, 0.717) is 6.54 Å². The molecule has 0 saturated heterocycles. The minimum atomic E-state index is -0.653. The van der Waals surface area contributed by atoms with Crippen LogP contribution in [0.1, 0.15) is 22.8 Å². The summed E-state index contributed by atoms with van der Waals surface area (Å²) in [5, 5.41) is 0. The molecule has 1 aliphatic rings. The van der Waals surface area contributed by atoms with E-state index >= 15 is 0 Å². The third kappa shape index (κ3) is 2.24. The molecule has 7 nitrogen and oxygen atoms in total. The van der Waals surface area contributed by atoms with E-state index < -0.39 is 17.3 Å². The first-order valence-electron chi connectivity index (χ1n) is 7.78. The summed E-state index contributed by atoms with van der Waals surface area (Å²) in [6, 6.07) is 7.35. The Labute approximate surface area is 138 Å². The number of ketones is 1. The number of carbonyl (C=O) groups is 1. The lowest BCUT2D eigenvalue weighted by Crippen LogP contribution is -2.46. The van der Waals surface area contributed by atoms with E-state index in [9.17, 15) is 14.4 Å². The highest BCUT2D eigenvalue weighted by Gasteiger charge is 2.31. The summed E-state index contributed by atoms with van der Waals surface area (Å²) in [7, 11) is 2.79. The number of anilines is 2. The van der Waals surface area contributed by atoms with Crippen LogP contribution in [0.4, 0.5) is 11.5 Å². The maximum absolute atomic E-state index is 12.9. The van der Waals surface area contributed by atoms with Crippen LogP contribution in [0.2, 0.25) is 0 Å². The number of nitrogen functional groups attached to an aromatic ring is 1. The topological polar surface area (TPSA) is 90.3 Å². The average Bonchev–Trinajstić information content (AvgIpc) is 3.01. The SMILES string of the molecule is C[C@@H](C(=O)c1c(N)n(C)c(=O)n(C)c1=O)N1CCc2ccccc21. The molecule has 2 aromatic rings. The summed E-state index contributed by atoms with van der Waals surface area (Å²) in [5.41, 5.74) is 6.74. The Kier molecular flexibility index (Phi) is 3.79. The molecule has 1 atom stereocenters. The summed E-state index contributed by atoms with van der Waals surface area (Å²) >= 11 is 0. The van der Waals surface area contributed by atoms with Crippen LogP contribution >= 0.6 is 0 Å². The molecule has 24 heavy (non-hydrogen) atoms. The Hall–Kier alpha value is -2.83. The number of rotatable bonds is 3. The molecule has 0 fully saturated rings. The molecule has 0 saturated carbocycles. The lowest BCUT2D eigenvalue weighted by molar-refractivity contribution is 0.0963. The van der Waals surface area contributed by atoms with Crippen molar-refractivity contribution in [3.63, 3.8) is 0 Å². The number of nitrogens with zero attached hydrogens (tertiary/aromatic N) is 3. The van der Waals surface area contributed by atoms with Crippen molar-refractivity contribution in [1.29, 1.82) is 0 Å². The number of hydrogen-bond donors (Lipinski definition) is 1. The summed E-state index contributed by atoms with van der Waals surface area (Å²) in [6.45, 7) is 2.46. The van der Waals surface area contributed by atoms with Gasteiger partial charge >= 0.3 is 5.69 Å². The molecule has 1 aromatic heterocycles. The minimum absolute atomic E-state index is 0.0903. The van der Waals surface area contributed by atoms with Crippen molar-refractivity contribution in [1.82, 2.24) is 9.13 Å². The van der Waals surface area contributed by atoms with Crippen molar-refractivity contribution in [2.24, 2.45) is 14.1 Å². The normalized spacial score (nSPS) is 14.5. The zero-order valence-corrected chi connectivity index (χ0v) is 13.9. The molecule has 2 heterocycles. The third-order valence-electron chi connectivity index (χ3n) is 4.73. The molecule has 1 aliphatic heterocycles. The van der Waals surface area contributed by atoms with E-state index in [1.165, 1.54) is 19.7 Å². The predicted molar refractivity (Wildman–Crippen MR) is 92.6 cm³/mol. The molecule has 0 aliphatic carbocycles. The molecule has 0 spiro atoms. The Bertz CT molecular complexity index is 942. The third-order valence-corrected chi connectivity index (χ3v) is 4.73. The fourth-order valence-corrected chi connectivity index (χ4v) is 3.21. The second kappa shape index (κ2) is 5.67. The van der Waals surface area contributed by atoms with Gasteiger partial charge in [-0.15, -0.1) is 0 Å². The van der Waals surface area contributed by atoms with E-state index in [0.717, 1.165) is 21.2 Å². The fourth-order valence-electron chi connectivity index (χ4n) is 3.21. The highest BCUT2D eigenvalue weighted by Crippen LogP contribution is 2.30. The number of hydrogen-bond acceptors (Lipinski definition) is 5. The molecule has 0 amide bonds. The van der Waals surface area contributed by atoms with Gasteiger partial charge in [0.1, 0.15) is 11.4 Å². The van der Waals surface area contributed by atoms with Gasteiger partial charge in [0.15, 0.2) is 5.78 Å². The Morgan fingerprint density at radius 1 is 1.17 bits per heavy atom. The first-order chi connectivity index (χ1) is 11.3. The van der Waals surface area contributed by atoms with E-state index in [1.807, 2.05) is 29.2 Å². The summed E-state index contributed by atoms with van der Waals surface area (Å²) in [4.78, 5) is 39.2. The fraction of sp³-hybridized carbons (Fsp3) is 0.353. The van der Waals surface area contributed by atoms with Crippen molar-refractivity contribution < 1.29 is 4.79 Å². The number of carbonyl (C=O) groups excluding carboxylic acids is 1. The van der Waals surface area contributed by atoms with Crippen molar-refractivity contribution in [2.45, 2.75) is 19.4 Å². The van der Waals surface area contributed by atoms with Gasteiger partial charge in [0.05, 0.1) is 6.04 Å². The van der Waals surface area contributed by atoms with Crippen molar-refractivity contribution in [3.05, 3.63) is 56.2 Å². The van der Waals surface area contributed by atoms with Gasteiger partial charge in [-0.3, -0.25) is 18.7 Å². The van der Waals surface area contributed by atoms with Crippen LogP contribution in [0.5, 0.6) is 0 Å². The van der Waals surface area contributed by atoms with Crippen LogP contribution in [0, 0.1) is 0 Å². The van der Waals surface area contributed by atoms with Gasteiger partial charge in [-0.25, -0.2) is 4.79 Å². The predicted octanol–water partition coefficient (Wildman–Crippen LogP) is 0.300. The number of para-hydroxylation sites is 1. The van der Waals surface area contributed by atoms with Gasteiger partial charge in [-0.1, -0.05) is 18.2 Å². The van der Waals surface area contributed by atoms with E-state index in [4.69, 9.17) is 5.73 Å². The Morgan fingerprint density at radius 3 is 2.54 bits per heavy atom. The number of Topliss-reactive ketones (excluding diaryl/α,β-unsaturated/α-hetero) is 1. The van der Waals surface area contributed by atoms with Crippen molar-refractivity contribution >= 4 is 17.3 Å². The van der Waals surface area contributed by atoms with Crippen LogP contribution < -0.4 is 21.9 Å². The smallest absolute Gasteiger partial charge is 0.332 e. The second-order valence-corrected chi connectivity index (χ2v) is 6.08. The first kappa shape index (κ1) is 16.0. The maximum atomic E-state index is 12.9. The number of fused-ring (bicyclic) bond motifs is 1. The monoisotopic (exact) mass is 328 g/mol. The molecule has 7 heteroatoms. The first-order valence-corrected chi connectivity index (χ1v) is 7.78. The maximum Gasteiger partial charge on any atom is 0.332 e. The van der Waals surface area contributed by atoms with Gasteiger partial charge in [0.25, 0.3) is 5.56 Å².